The van der Waals surface area contributed by atoms with Crippen LogP contribution in [0.3, 0.4) is 0 Å². The Bertz CT molecular complexity index is 171. The fourth-order valence-corrected chi connectivity index (χ4v) is 2.34. The van der Waals surface area contributed by atoms with Gasteiger partial charge in [-0.25, -0.2) is 8.78 Å². The number of rotatable bonds is 2. The monoisotopic (exact) mass is 191 g/mol. The van der Waals surface area contributed by atoms with Crippen LogP contribution in [0.15, 0.2) is 0 Å². The van der Waals surface area contributed by atoms with Crippen molar-refractivity contribution in [2.45, 2.75) is 25.4 Å². The van der Waals surface area contributed by atoms with Gasteiger partial charge >= 0.3 is 0 Å². The van der Waals surface area contributed by atoms with E-state index in [4.69, 9.17) is 4.74 Å². The van der Waals surface area contributed by atoms with Gasteiger partial charge in [0.15, 0.2) is 0 Å². The van der Waals surface area contributed by atoms with Crippen molar-refractivity contribution in [2.75, 3.05) is 19.7 Å². The molecule has 0 aromatic rings. The van der Waals surface area contributed by atoms with Gasteiger partial charge in [-0.05, 0) is 12.8 Å². The van der Waals surface area contributed by atoms with Gasteiger partial charge in [0.2, 0.25) is 6.43 Å². The van der Waals surface area contributed by atoms with Crippen molar-refractivity contribution in [1.29, 1.82) is 0 Å². The molecule has 3 atom stereocenters. The molecule has 0 bridgehead atoms. The number of alkyl halides is 2. The van der Waals surface area contributed by atoms with Gasteiger partial charge in [-0.15, -0.1) is 0 Å². The Balaban J connectivity index is 1.96. The Kier molecular flexibility index (Phi) is 2.79. The van der Waals surface area contributed by atoms with Crippen LogP contribution in [-0.2, 0) is 4.74 Å². The minimum absolute atomic E-state index is 0.0301. The minimum atomic E-state index is -2.20. The summed E-state index contributed by atoms with van der Waals surface area (Å²) in [6.07, 6.45) is -0.148. The maximum absolute atomic E-state index is 12.5. The molecule has 76 valence electrons. The molecule has 1 N–H and O–H groups in total. The molecule has 0 saturated carbocycles. The largest absolute Gasteiger partial charge is 0.378 e. The van der Waals surface area contributed by atoms with Crippen molar-refractivity contribution in [1.82, 2.24) is 5.32 Å². The number of hydrogen-bond acceptors (Lipinski definition) is 2. The van der Waals surface area contributed by atoms with Gasteiger partial charge in [0, 0.05) is 31.5 Å². The second-order valence-electron chi connectivity index (χ2n) is 3.87. The maximum Gasteiger partial charge on any atom is 0.243 e. The Morgan fingerprint density at radius 2 is 2.15 bits per heavy atom. The number of nitrogens with one attached hydrogen (secondary N) is 1. The van der Waals surface area contributed by atoms with Crippen LogP contribution in [0.5, 0.6) is 0 Å². The van der Waals surface area contributed by atoms with E-state index >= 15 is 0 Å². The quantitative estimate of drug-likeness (QED) is 0.709. The maximum atomic E-state index is 12.5. The van der Waals surface area contributed by atoms with Crippen LogP contribution in [0.4, 0.5) is 8.78 Å². The molecule has 2 saturated heterocycles. The Morgan fingerprint density at radius 3 is 2.77 bits per heavy atom. The SMILES string of the molecule is FC(F)C1CNCC1C1CCCO1. The van der Waals surface area contributed by atoms with Gasteiger partial charge in [0.05, 0.1) is 6.10 Å². The molecule has 0 amide bonds. The number of hydrogen-bond donors (Lipinski definition) is 1. The molecule has 0 aromatic heterocycles. The molecule has 13 heavy (non-hydrogen) atoms. The molecule has 3 unspecified atom stereocenters. The molecule has 2 nitrogen and oxygen atoms in total. The van der Waals surface area contributed by atoms with E-state index in [0.29, 0.717) is 13.1 Å². The van der Waals surface area contributed by atoms with E-state index in [1.165, 1.54) is 0 Å². The first-order valence-corrected chi connectivity index (χ1v) is 4.89. The summed E-state index contributed by atoms with van der Waals surface area (Å²) in [6, 6.07) is 0. The zero-order chi connectivity index (χ0) is 9.26. The van der Waals surface area contributed by atoms with E-state index in [2.05, 4.69) is 5.32 Å². The van der Waals surface area contributed by atoms with Crippen molar-refractivity contribution >= 4 is 0 Å². The third kappa shape index (κ3) is 1.83. The lowest BCUT2D eigenvalue weighted by Crippen LogP contribution is -2.30. The van der Waals surface area contributed by atoms with E-state index in [0.717, 1.165) is 19.4 Å². The fourth-order valence-electron chi connectivity index (χ4n) is 2.34. The second-order valence-corrected chi connectivity index (χ2v) is 3.87. The smallest absolute Gasteiger partial charge is 0.243 e. The summed E-state index contributed by atoms with van der Waals surface area (Å²) in [7, 11) is 0. The van der Waals surface area contributed by atoms with Crippen molar-refractivity contribution in [3.05, 3.63) is 0 Å². The summed E-state index contributed by atoms with van der Waals surface area (Å²) in [5.41, 5.74) is 0. The third-order valence-corrected chi connectivity index (χ3v) is 3.08. The van der Waals surface area contributed by atoms with Crippen LogP contribution < -0.4 is 5.32 Å². The summed E-state index contributed by atoms with van der Waals surface area (Å²) in [6.45, 7) is 1.89. The molecule has 4 heteroatoms. The van der Waals surface area contributed by atoms with Gasteiger partial charge in [-0.2, -0.15) is 0 Å². The molecule has 0 aromatic carbocycles. The normalized spacial score (nSPS) is 40.4. The van der Waals surface area contributed by atoms with E-state index in [-0.39, 0.29) is 12.0 Å². The van der Waals surface area contributed by atoms with Crippen molar-refractivity contribution < 1.29 is 13.5 Å². The molecule has 2 fully saturated rings. The first-order chi connectivity index (χ1) is 6.29. The molecule has 2 aliphatic heterocycles. The van der Waals surface area contributed by atoms with Crippen molar-refractivity contribution in [3.63, 3.8) is 0 Å². The van der Waals surface area contributed by atoms with Gasteiger partial charge < -0.3 is 10.1 Å². The minimum Gasteiger partial charge on any atom is -0.378 e. The van der Waals surface area contributed by atoms with Crippen LogP contribution in [0, 0.1) is 11.8 Å². The van der Waals surface area contributed by atoms with Gasteiger partial charge in [-0.3, -0.25) is 0 Å². The first kappa shape index (κ1) is 9.34. The third-order valence-electron chi connectivity index (χ3n) is 3.08. The highest BCUT2D eigenvalue weighted by atomic mass is 19.3. The van der Waals surface area contributed by atoms with Gasteiger partial charge in [-0.1, -0.05) is 0 Å². The topological polar surface area (TPSA) is 21.3 Å². The van der Waals surface area contributed by atoms with E-state index in [9.17, 15) is 8.78 Å². The lowest BCUT2D eigenvalue weighted by molar-refractivity contribution is 0.000369. The van der Waals surface area contributed by atoms with E-state index in [1.54, 1.807) is 0 Å². The molecular formula is C9H15F2NO. The molecule has 2 heterocycles. The first-order valence-electron chi connectivity index (χ1n) is 4.89. The second kappa shape index (κ2) is 3.88. The summed E-state index contributed by atoms with van der Waals surface area (Å²) in [4.78, 5) is 0. The molecule has 0 spiro atoms. The zero-order valence-corrected chi connectivity index (χ0v) is 7.51. The summed E-state index contributed by atoms with van der Waals surface area (Å²) < 4.78 is 30.5. The predicted molar refractivity (Wildman–Crippen MR) is 44.8 cm³/mol. The lowest BCUT2D eigenvalue weighted by Gasteiger charge is -2.23. The molecular weight excluding hydrogens is 176 g/mol. The van der Waals surface area contributed by atoms with Crippen LogP contribution in [0.2, 0.25) is 0 Å². The number of ether oxygens (including phenoxy) is 1. The average molecular weight is 191 g/mol. The van der Waals surface area contributed by atoms with Gasteiger partial charge in [0.1, 0.15) is 0 Å². The van der Waals surface area contributed by atoms with E-state index < -0.39 is 12.3 Å². The summed E-state index contributed by atoms with van der Waals surface area (Å²) in [5.74, 6) is -0.467. The van der Waals surface area contributed by atoms with Crippen LogP contribution in [0.25, 0.3) is 0 Å². The molecule has 2 aliphatic rings. The highest BCUT2D eigenvalue weighted by Crippen LogP contribution is 2.32. The Hall–Kier alpha value is -0.220. The summed E-state index contributed by atoms with van der Waals surface area (Å²) >= 11 is 0. The average Bonchev–Trinajstić information content (AvgIpc) is 2.74. The predicted octanol–water partition coefficient (Wildman–Crippen LogP) is 1.27. The lowest BCUT2D eigenvalue weighted by atomic mass is 9.89. The number of halogens is 2. The highest BCUT2D eigenvalue weighted by Gasteiger charge is 2.40. The zero-order valence-electron chi connectivity index (χ0n) is 7.51. The molecule has 0 aliphatic carbocycles. The summed E-state index contributed by atoms with van der Waals surface area (Å²) in [5, 5.41) is 3.02. The van der Waals surface area contributed by atoms with Crippen LogP contribution >= 0.6 is 0 Å². The van der Waals surface area contributed by atoms with Gasteiger partial charge in [0.25, 0.3) is 0 Å². The molecule has 2 rings (SSSR count). The van der Waals surface area contributed by atoms with Crippen LogP contribution in [-0.4, -0.2) is 32.2 Å². The van der Waals surface area contributed by atoms with Crippen molar-refractivity contribution in [3.8, 4) is 0 Å². The van der Waals surface area contributed by atoms with E-state index in [1.807, 2.05) is 0 Å². The standard InChI is InChI=1S/C9H15F2NO/c10-9(11)7-5-12-4-6(7)8-2-1-3-13-8/h6-9,12H,1-5H2. The Morgan fingerprint density at radius 1 is 1.31 bits per heavy atom. The van der Waals surface area contributed by atoms with Crippen LogP contribution in [0.1, 0.15) is 12.8 Å². The van der Waals surface area contributed by atoms with Crippen molar-refractivity contribution in [2.24, 2.45) is 11.8 Å². The molecule has 0 radical (unpaired) electrons. The fraction of sp³-hybridized carbons (Fsp3) is 1.00. The highest BCUT2D eigenvalue weighted by molar-refractivity contribution is 4.89. The Labute approximate surface area is 76.6 Å².